The smallest absolute Gasteiger partial charge is 0.356 e. The molecule has 0 spiro atoms. The van der Waals surface area contributed by atoms with Gasteiger partial charge >= 0.3 is 5.97 Å². The second-order valence-corrected chi connectivity index (χ2v) is 9.56. The van der Waals surface area contributed by atoms with Crippen LogP contribution in [-0.2, 0) is 10.0 Å². The number of benzene rings is 2. The summed E-state index contributed by atoms with van der Waals surface area (Å²) in [5, 5.41) is 13.1. The van der Waals surface area contributed by atoms with Crippen molar-refractivity contribution in [1.82, 2.24) is 9.97 Å². The van der Waals surface area contributed by atoms with E-state index in [1.165, 1.54) is 12.3 Å². The van der Waals surface area contributed by atoms with E-state index in [-0.39, 0.29) is 16.3 Å². The number of fused-ring (bicyclic) bond motifs is 1. The number of hydrogen-bond donors (Lipinski definition) is 3. The van der Waals surface area contributed by atoms with Crippen LogP contribution in [0.3, 0.4) is 0 Å². The van der Waals surface area contributed by atoms with Crippen LogP contribution >= 0.6 is 11.6 Å². The standard InChI is InChI=1S/C25H19ClN4O4S/c1-15-5-7-17-4-3-11-28-22(17)24(15)35(33,34)30-20-10-9-19(26)13-18(20)8-6-16-12-21(27-2)23(25(31)32)29-14-16/h3-5,7,9-14,27,30H,1-2H3,(H,31,32). The third kappa shape index (κ3) is 5.04. The highest BCUT2D eigenvalue weighted by Gasteiger charge is 2.22. The second kappa shape index (κ2) is 9.62. The molecule has 0 fully saturated rings. The van der Waals surface area contributed by atoms with E-state index < -0.39 is 16.0 Å². The molecule has 0 amide bonds. The first-order valence-corrected chi connectivity index (χ1v) is 12.2. The van der Waals surface area contributed by atoms with Crippen LogP contribution in [0.5, 0.6) is 0 Å². The predicted molar refractivity (Wildman–Crippen MR) is 135 cm³/mol. The van der Waals surface area contributed by atoms with Gasteiger partial charge in [-0.15, -0.1) is 0 Å². The van der Waals surface area contributed by atoms with Crippen molar-refractivity contribution in [3.05, 3.63) is 88.3 Å². The third-order valence-corrected chi connectivity index (χ3v) is 6.90. The van der Waals surface area contributed by atoms with Gasteiger partial charge in [-0.05, 0) is 42.8 Å². The molecule has 0 saturated carbocycles. The molecule has 2 aromatic heterocycles. The minimum atomic E-state index is -4.03. The van der Waals surface area contributed by atoms with Crippen LogP contribution in [0.2, 0.25) is 5.02 Å². The number of nitrogens with one attached hydrogen (secondary N) is 2. The number of carbonyl (C=O) groups is 1. The van der Waals surface area contributed by atoms with Crippen LogP contribution in [0.25, 0.3) is 10.9 Å². The monoisotopic (exact) mass is 506 g/mol. The summed E-state index contributed by atoms with van der Waals surface area (Å²) in [5.74, 6) is 4.62. The summed E-state index contributed by atoms with van der Waals surface area (Å²) in [6.07, 6.45) is 2.87. The lowest BCUT2D eigenvalue weighted by Crippen LogP contribution is -2.16. The minimum Gasteiger partial charge on any atom is -0.476 e. The predicted octanol–water partition coefficient (Wildman–Crippen LogP) is 4.53. The van der Waals surface area contributed by atoms with Gasteiger partial charge in [0.15, 0.2) is 5.69 Å². The zero-order valence-electron chi connectivity index (χ0n) is 18.6. The molecule has 0 bridgehead atoms. The molecule has 0 atom stereocenters. The van der Waals surface area contributed by atoms with Gasteiger partial charge < -0.3 is 10.4 Å². The fourth-order valence-electron chi connectivity index (χ4n) is 3.50. The average Bonchev–Trinajstić information content (AvgIpc) is 2.83. The fourth-order valence-corrected chi connectivity index (χ4v) is 5.16. The van der Waals surface area contributed by atoms with E-state index in [4.69, 9.17) is 11.6 Å². The summed E-state index contributed by atoms with van der Waals surface area (Å²) in [6.45, 7) is 1.71. The van der Waals surface area contributed by atoms with Crippen LogP contribution in [0, 0.1) is 18.8 Å². The van der Waals surface area contributed by atoms with Gasteiger partial charge in [-0.1, -0.05) is 41.6 Å². The van der Waals surface area contributed by atoms with E-state index in [2.05, 4.69) is 31.8 Å². The van der Waals surface area contributed by atoms with Crippen LogP contribution in [0.1, 0.15) is 27.2 Å². The zero-order valence-corrected chi connectivity index (χ0v) is 20.2. The summed E-state index contributed by atoms with van der Waals surface area (Å²) >= 11 is 6.15. The van der Waals surface area contributed by atoms with Crippen molar-refractivity contribution in [2.45, 2.75) is 11.8 Å². The van der Waals surface area contributed by atoms with Crippen molar-refractivity contribution in [1.29, 1.82) is 0 Å². The van der Waals surface area contributed by atoms with Gasteiger partial charge in [-0.2, -0.15) is 0 Å². The van der Waals surface area contributed by atoms with Crippen molar-refractivity contribution in [3.63, 3.8) is 0 Å². The number of rotatable bonds is 5. The summed E-state index contributed by atoms with van der Waals surface area (Å²) in [6, 6.07) is 13.3. The molecule has 8 nitrogen and oxygen atoms in total. The molecule has 0 unspecified atom stereocenters. The summed E-state index contributed by atoms with van der Waals surface area (Å²) in [4.78, 5) is 19.6. The number of hydrogen-bond acceptors (Lipinski definition) is 6. The van der Waals surface area contributed by atoms with Gasteiger partial charge in [0, 0.05) is 35.4 Å². The molecule has 3 N–H and O–H groups in total. The van der Waals surface area contributed by atoms with Gasteiger partial charge in [0.25, 0.3) is 10.0 Å². The molecule has 10 heteroatoms. The SMILES string of the molecule is CNc1cc(C#Cc2cc(Cl)ccc2NS(=O)(=O)c2c(C)ccc3cccnc23)cnc1C(=O)O. The topological polar surface area (TPSA) is 121 Å². The van der Waals surface area contributed by atoms with Gasteiger partial charge in [-0.25, -0.2) is 18.2 Å². The van der Waals surface area contributed by atoms with E-state index in [0.717, 1.165) is 0 Å². The number of carboxylic acid groups (broad SMARTS) is 1. The molecular formula is C25H19ClN4O4S. The summed E-state index contributed by atoms with van der Waals surface area (Å²) in [7, 11) is -2.45. The van der Waals surface area contributed by atoms with Crippen molar-refractivity contribution in [2.24, 2.45) is 0 Å². The lowest BCUT2D eigenvalue weighted by Gasteiger charge is -2.14. The second-order valence-electron chi connectivity index (χ2n) is 7.51. The highest BCUT2D eigenvalue weighted by Crippen LogP contribution is 2.29. The van der Waals surface area contributed by atoms with E-state index in [1.54, 1.807) is 56.6 Å². The Morgan fingerprint density at radius 3 is 2.60 bits per heavy atom. The minimum absolute atomic E-state index is 0.0802. The lowest BCUT2D eigenvalue weighted by molar-refractivity contribution is 0.0691. The molecule has 35 heavy (non-hydrogen) atoms. The Morgan fingerprint density at radius 1 is 1.06 bits per heavy atom. The quantitative estimate of drug-likeness (QED) is 0.340. The van der Waals surface area contributed by atoms with E-state index in [1.807, 2.05) is 6.07 Å². The number of anilines is 2. The highest BCUT2D eigenvalue weighted by atomic mass is 35.5. The van der Waals surface area contributed by atoms with E-state index >= 15 is 0 Å². The largest absolute Gasteiger partial charge is 0.476 e. The Balaban J connectivity index is 1.75. The maximum absolute atomic E-state index is 13.4. The fraction of sp³-hybridized carbons (Fsp3) is 0.0800. The van der Waals surface area contributed by atoms with Crippen LogP contribution in [-0.4, -0.2) is 36.5 Å². The average molecular weight is 507 g/mol. The summed E-state index contributed by atoms with van der Waals surface area (Å²) < 4.78 is 29.5. The Hall–Kier alpha value is -4.13. The number of aromatic nitrogens is 2. The lowest BCUT2D eigenvalue weighted by atomic mass is 10.1. The van der Waals surface area contributed by atoms with E-state index in [0.29, 0.717) is 38.3 Å². The molecular weight excluding hydrogens is 488 g/mol. The maximum Gasteiger partial charge on any atom is 0.356 e. The highest BCUT2D eigenvalue weighted by molar-refractivity contribution is 7.93. The van der Waals surface area contributed by atoms with Crippen molar-refractivity contribution in [2.75, 3.05) is 17.1 Å². The van der Waals surface area contributed by atoms with Gasteiger partial charge in [0.1, 0.15) is 4.90 Å². The van der Waals surface area contributed by atoms with Crippen molar-refractivity contribution >= 4 is 49.9 Å². The first-order valence-electron chi connectivity index (χ1n) is 10.3. The normalized spacial score (nSPS) is 10.9. The molecule has 0 radical (unpaired) electrons. The Kier molecular flexibility index (Phi) is 6.60. The maximum atomic E-state index is 13.4. The van der Waals surface area contributed by atoms with Gasteiger partial charge in [-0.3, -0.25) is 9.71 Å². The molecule has 2 heterocycles. The third-order valence-electron chi connectivity index (χ3n) is 5.12. The first kappa shape index (κ1) is 24.0. The first-order chi connectivity index (χ1) is 16.7. The van der Waals surface area contributed by atoms with E-state index in [9.17, 15) is 18.3 Å². The Bertz CT molecular complexity index is 1640. The number of halogens is 1. The number of nitrogens with zero attached hydrogens (tertiary/aromatic N) is 2. The zero-order chi connectivity index (χ0) is 25.2. The van der Waals surface area contributed by atoms with Crippen LogP contribution in [0.4, 0.5) is 11.4 Å². The Morgan fingerprint density at radius 2 is 1.86 bits per heavy atom. The number of aryl methyl sites for hydroxylation is 1. The Labute approximate surface area is 207 Å². The number of carboxylic acids is 1. The molecule has 0 saturated heterocycles. The van der Waals surface area contributed by atoms with Crippen molar-refractivity contribution in [3.8, 4) is 11.8 Å². The molecule has 4 aromatic rings. The van der Waals surface area contributed by atoms with Crippen LogP contribution in [0.15, 0.2) is 65.8 Å². The number of sulfonamides is 1. The molecule has 4 rings (SSSR count). The number of pyridine rings is 2. The van der Waals surface area contributed by atoms with Gasteiger partial charge in [0.05, 0.1) is 22.5 Å². The van der Waals surface area contributed by atoms with Crippen LogP contribution < -0.4 is 10.0 Å². The number of aromatic carboxylic acids is 1. The molecule has 2 aromatic carbocycles. The molecule has 176 valence electrons. The van der Waals surface area contributed by atoms with Gasteiger partial charge in [0.2, 0.25) is 0 Å². The molecule has 0 aliphatic heterocycles. The summed E-state index contributed by atoms with van der Waals surface area (Å²) in [5.41, 5.74) is 2.09. The molecule has 0 aliphatic carbocycles. The van der Waals surface area contributed by atoms with Crippen molar-refractivity contribution < 1.29 is 18.3 Å². The molecule has 0 aliphatic rings.